The number of hydrogen-bond acceptors (Lipinski definition) is 2. The smallest absolute Gasteiger partial charge is 0.257 e. The van der Waals surface area contributed by atoms with E-state index in [0.717, 1.165) is 53.9 Å². The molecule has 0 aromatic carbocycles. The Morgan fingerprint density at radius 3 is 2.33 bits per heavy atom. The van der Waals surface area contributed by atoms with E-state index >= 15 is 0 Å². The van der Waals surface area contributed by atoms with Gasteiger partial charge in [-0.2, -0.15) is 0 Å². The molecule has 0 spiro atoms. The van der Waals surface area contributed by atoms with Crippen LogP contribution < -0.4 is 0 Å². The summed E-state index contributed by atoms with van der Waals surface area (Å²) in [5.74, 6) is 2.45. The average Bonchev–Trinajstić information content (AvgIpc) is 2.63. The second kappa shape index (κ2) is 5.47. The van der Waals surface area contributed by atoms with Gasteiger partial charge in [-0.05, 0) is 39.5 Å². The minimum Gasteiger partial charge on any atom is -0.466 e. The molecular weight excluding hydrogens is 294 g/mol. The van der Waals surface area contributed by atoms with E-state index in [1.807, 2.05) is 25.7 Å². The van der Waals surface area contributed by atoms with Gasteiger partial charge in [-0.3, -0.25) is 4.79 Å². The zero-order chi connectivity index (χ0) is 13.3. The van der Waals surface area contributed by atoms with Crippen LogP contribution in [0.15, 0.2) is 4.42 Å². The number of carbonyl (C=O) groups excluding carboxylic acids is 1. The molecular formula is C14H20BrNO2. The van der Waals surface area contributed by atoms with Crippen LogP contribution in [-0.2, 0) is 0 Å². The molecule has 3 nitrogen and oxygen atoms in total. The van der Waals surface area contributed by atoms with Crippen molar-refractivity contribution >= 4 is 21.8 Å². The Morgan fingerprint density at radius 2 is 1.89 bits per heavy atom. The van der Waals surface area contributed by atoms with Crippen molar-refractivity contribution in [2.24, 2.45) is 5.92 Å². The van der Waals surface area contributed by atoms with Crippen molar-refractivity contribution in [3.8, 4) is 0 Å². The normalized spacial score (nSPS) is 17.2. The number of halogens is 1. The zero-order valence-corrected chi connectivity index (χ0v) is 12.8. The summed E-state index contributed by atoms with van der Waals surface area (Å²) in [6.45, 7) is 7.47. The molecule has 2 rings (SSSR count). The largest absolute Gasteiger partial charge is 0.466 e. The molecule has 1 amide bonds. The van der Waals surface area contributed by atoms with Gasteiger partial charge in [-0.1, -0.05) is 15.9 Å². The van der Waals surface area contributed by atoms with Crippen LogP contribution in [0, 0.1) is 26.7 Å². The molecule has 0 atom stereocenters. The SMILES string of the molecule is Cc1oc(C)c(C(=O)N2CCC(CBr)CC2)c1C. The molecule has 18 heavy (non-hydrogen) atoms. The number of likely N-dealkylation sites (tertiary alicyclic amines) is 1. The quantitative estimate of drug-likeness (QED) is 0.783. The molecule has 0 radical (unpaired) electrons. The summed E-state index contributed by atoms with van der Waals surface area (Å²) in [6.07, 6.45) is 2.18. The van der Waals surface area contributed by atoms with Crippen LogP contribution in [0.3, 0.4) is 0 Å². The lowest BCUT2D eigenvalue weighted by Gasteiger charge is -2.31. The Hall–Kier alpha value is -0.770. The summed E-state index contributed by atoms with van der Waals surface area (Å²) in [5, 5.41) is 1.04. The summed E-state index contributed by atoms with van der Waals surface area (Å²) < 4.78 is 5.54. The van der Waals surface area contributed by atoms with Gasteiger partial charge in [0.05, 0.1) is 5.56 Å². The minimum atomic E-state index is 0.134. The molecule has 2 heterocycles. The van der Waals surface area contributed by atoms with Gasteiger partial charge in [-0.25, -0.2) is 0 Å². The Kier molecular flexibility index (Phi) is 4.15. The highest BCUT2D eigenvalue weighted by molar-refractivity contribution is 9.09. The third kappa shape index (κ3) is 2.48. The third-order valence-electron chi connectivity index (χ3n) is 3.90. The van der Waals surface area contributed by atoms with Gasteiger partial charge in [-0.15, -0.1) is 0 Å². The van der Waals surface area contributed by atoms with Crippen LogP contribution in [0.25, 0.3) is 0 Å². The van der Waals surface area contributed by atoms with Crippen LogP contribution in [0.1, 0.15) is 40.3 Å². The van der Waals surface area contributed by atoms with E-state index in [-0.39, 0.29) is 5.91 Å². The van der Waals surface area contributed by atoms with Crippen molar-refractivity contribution in [2.75, 3.05) is 18.4 Å². The van der Waals surface area contributed by atoms with Crippen LogP contribution >= 0.6 is 15.9 Å². The average molecular weight is 314 g/mol. The van der Waals surface area contributed by atoms with E-state index in [4.69, 9.17) is 4.42 Å². The Labute approximate surface area is 117 Å². The first-order chi connectivity index (χ1) is 8.54. The van der Waals surface area contributed by atoms with Crippen molar-refractivity contribution in [1.29, 1.82) is 0 Å². The van der Waals surface area contributed by atoms with E-state index in [0.29, 0.717) is 5.92 Å². The molecule has 0 aliphatic carbocycles. The van der Waals surface area contributed by atoms with E-state index in [1.165, 1.54) is 0 Å². The van der Waals surface area contributed by atoms with Crippen LogP contribution in [0.2, 0.25) is 0 Å². The molecule has 0 N–H and O–H groups in total. The second-order valence-corrected chi connectivity index (χ2v) is 5.75. The van der Waals surface area contributed by atoms with Crippen LogP contribution in [0.5, 0.6) is 0 Å². The summed E-state index contributed by atoms with van der Waals surface area (Å²) in [4.78, 5) is 14.5. The molecule has 1 fully saturated rings. The molecule has 0 unspecified atom stereocenters. The van der Waals surface area contributed by atoms with Gasteiger partial charge < -0.3 is 9.32 Å². The lowest BCUT2D eigenvalue weighted by molar-refractivity contribution is 0.0696. The Bertz CT molecular complexity index is 445. The number of carbonyl (C=O) groups is 1. The number of nitrogens with zero attached hydrogens (tertiary/aromatic N) is 1. The summed E-state index contributed by atoms with van der Waals surface area (Å²) in [5.41, 5.74) is 1.75. The topological polar surface area (TPSA) is 33.5 Å². The number of amides is 1. The minimum absolute atomic E-state index is 0.134. The van der Waals surface area contributed by atoms with Gasteiger partial charge in [0, 0.05) is 24.0 Å². The molecule has 0 bridgehead atoms. The van der Waals surface area contributed by atoms with Gasteiger partial charge in [0.1, 0.15) is 11.5 Å². The zero-order valence-electron chi connectivity index (χ0n) is 11.3. The van der Waals surface area contributed by atoms with E-state index < -0.39 is 0 Å². The van der Waals surface area contributed by atoms with Crippen molar-refractivity contribution in [1.82, 2.24) is 4.90 Å². The maximum Gasteiger partial charge on any atom is 0.257 e. The molecule has 1 aromatic rings. The fraction of sp³-hybridized carbons (Fsp3) is 0.643. The first-order valence-corrected chi connectivity index (χ1v) is 7.58. The lowest BCUT2D eigenvalue weighted by atomic mass is 9.98. The van der Waals surface area contributed by atoms with Crippen molar-refractivity contribution in [2.45, 2.75) is 33.6 Å². The van der Waals surface area contributed by atoms with Crippen molar-refractivity contribution in [3.63, 3.8) is 0 Å². The monoisotopic (exact) mass is 313 g/mol. The van der Waals surface area contributed by atoms with Crippen LogP contribution in [-0.4, -0.2) is 29.2 Å². The number of piperidine rings is 1. The first kappa shape index (κ1) is 13.7. The van der Waals surface area contributed by atoms with Crippen molar-refractivity contribution in [3.05, 3.63) is 22.6 Å². The second-order valence-electron chi connectivity index (χ2n) is 5.10. The molecule has 1 aliphatic heterocycles. The lowest BCUT2D eigenvalue weighted by Crippen LogP contribution is -2.39. The van der Waals surface area contributed by atoms with E-state index in [9.17, 15) is 4.79 Å². The third-order valence-corrected chi connectivity index (χ3v) is 4.81. The number of rotatable bonds is 2. The molecule has 1 aliphatic rings. The number of hydrogen-bond donors (Lipinski definition) is 0. The molecule has 0 saturated carbocycles. The highest BCUT2D eigenvalue weighted by Gasteiger charge is 2.27. The van der Waals surface area contributed by atoms with E-state index in [1.54, 1.807) is 0 Å². The van der Waals surface area contributed by atoms with Gasteiger partial charge in [0.25, 0.3) is 5.91 Å². The molecule has 4 heteroatoms. The maximum atomic E-state index is 12.5. The summed E-state index contributed by atoms with van der Waals surface area (Å²) in [7, 11) is 0. The molecule has 100 valence electrons. The number of alkyl halides is 1. The number of aryl methyl sites for hydroxylation is 2. The maximum absolute atomic E-state index is 12.5. The van der Waals surface area contributed by atoms with Crippen molar-refractivity contribution < 1.29 is 9.21 Å². The molecule has 1 aromatic heterocycles. The van der Waals surface area contributed by atoms with Gasteiger partial charge in [0.15, 0.2) is 0 Å². The van der Waals surface area contributed by atoms with Crippen LogP contribution in [0.4, 0.5) is 0 Å². The highest BCUT2D eigenvalue weighted by Crippen LogP contribution is 2.25. The predicted octanol–water partition coefficient (Wildman–Crippen LogP) is 3.45. The fourth-order valence-corrected chi connectivity index (χ4v) is 3.20. The standard InChI is InChI=1S/C14H20BrNO2/c1-9-10(2)18-11(3)13(9)14(17)16-6-4-12(8-15)5-7-16/h12H,4-8H2,1-3H3. The fourth-order valence-electron chi connectivity index (χ4n) is 2.56. The Morgan fingerprint density at radius 1 is 1.28 bits per heavy atom. The number of furan rings is 1. The molecule has 1 saturated heterocycles. The van der Waals surface area contributed by atoms with Gasteiger partial charge in [0.2, 0.25) is 0 Å². The Balaban J connectivity index is 2.13. The first-order valence-electron chi connectivity index (χ1n) is 6.46. The summed E-state index contributed by atoms with van der Waals surface area (Å²) >= 11 is 3.52. The summed E-state index contributed by atoms with van der Waals surface area (Å²) in [6, 6.07) is 0. The van der Waals surface area contributed by atoms with E-state index in [2.05, 4.69) is 15.9 Å². The highest BCUT2D eigenvalue weighted by atomic mass is 79.9. The van der Waals surface area contributed by atoms with Gasteiger partial charge >= 0.3 is 0 Å². The predicted molar refractivity (Wildman–Crippen MR) is 75.3 cm³/mol.